The first-order chi connectivity index (χ1) is 13.0. The van der Waals surface area contributed by atoms with Crippen LogP contribution in [0, 0.1) is 5.92 Å². The number of carbonyl (C=O) groups is 4. The van der Waals surface area contributed by atoms with Crippen molar-refractivity contribution in [1.82, 2.24) is 5.32 Å². The van der Waals surface area contributed by atoms with E-state index < -0.39 is 5.92 Å². The Morgan fingerprint density at radius 1 is 1.07 bits per heavy atom. The fourth-order valence-corrected chi connectivity index (χ4v) is 2.93. The summed E-state index contributed by atoms with van der Waals surface area (Å²) in [6.45, 7) is 2.11. The lowest BCUT2D eigenvalue weighted by Gasteiger charge is -2.19. The molecule has 0 heterocycles. The monoisotopic (exact) mass is 374 g/mol. The Morgan fingerprint density at radius 2 is 1.78 bits per heavy atom. The SMILES string of the molecule is CCCNC(=O)COCC(=O)Nc1ccc(C(=O)C2CCCCC2=O)cc1. The molecule has 0 bridgehead atoms. The molecule has 1 atom stereocenters. The topological polar surface area (TPSA) is 102 Å². The number of nitrogens with one attached hydrogen (secondary N) is 2. The van der Waals surface area contributed by atoms with Crippen molar-refractivity contribution in [2.45, 2.75) is 39.0 Å². The minimum absolute atomic E-state index is 0.0174. The average Bonchev–Trinajstić information content (AvgIpc) is 2.67. The van der Waals surface area contributed by atoms with Gasteiger partial charge in [0.05, 0.1) is 5.92 Å². The molecule has 1 saturated carbocycles. The second-order valence-electron chi connectivity index (χ2n) is 6.60. The average molecular weight is 374 g/mol. The van der Waals surface area contributed by atoms with Crippen molar-refractivity contribution in [2.24, 2.45) is 5.92 Å². The summed E-state index contributed by atoms with van der Waals surface area (Å²) in [6.07, 6.45) is 3.67. The van der Waals surface area contributed by atoms with Crippen molar-refractivity contribution < 1.29 is 23.9 Å². The number of ether oxygens (including phenoxy) is 1. The fraction of sp³-hybridized carbons (Fsp3) is 0.500. The van der Waals surface area contributed by atoms with Crippen LogP contribution in [0.4, 0.5) is 5.69 Å². The molecular weight excluding hydrogens is 348 g/mol. The van der Waals surface area contributed by atoms with Gasteiger partial charge in [-0.3, -0.25) is 19.2 Å². The van der Waals surface area contributed by atoms with Crippen LogP contribution >= 0.6 is 0 Å². The summed E-state index contributed by atoms with van der Waals surface area (Å²) in [6, 6.07) is 6.45. The number of benzene rings is 1. The van der Waals surface area contributed by atoms with Crippen LogP contribution in [0.2, 0.25) is 0 Å². The number of rotatable bonds is 9. The molecule has 1 aromatic rings. The highest BCUT2D eigenvalue weighted by Crippen LogP contribution is 2.24. The van der Waals surface area contributed by atoms with E-state index in [1.165, 1.54) is 0 Å². The molecule has 1 unspecified atom stereocenters. The van der Waals surface area contributed by atoms with E-state index >= 15 is 0 Å². The molecule has 146 valence electrons. The molecule has 0 aromatic heterocycles. The minimum Gasteiger partial charge on any atom is -0.362 e. The van der Waals surface area contributed by atoms with Crippen LogP contribution < -0.4 is 10.6 Å². The molecule has 2 rings (SSSR count). The van der Waals surface area contributed by atoms with Gasteiger partial charge >= 0.3 is 0 Å². The molecular formula is C20H26N2O5. The lowest BCUT2D eigenvalue weighted by molar-refractivity contribution is -0.128. The number of ketones is 2. The van der Waals surface area contributed by atoms with Crippen LogP contribution in [0.15, 0.2) is 24.3 Å². The maximum absolute atomic E-state index is 12.5. The minimum atomic E-state index is -0.536. The molecule has 7 nitrogen and oxygen atoms in total. The third-order valence-electron chi connectivity index (χ3n) is 4.36. The molecule has 0 spiro atoms. The molecule has 0 radical (unpaired) electrons. The second kappa shape index (κ2) is 10.6. The Hall–Kier alpha value is -2.54. The van der Waals surface area contributed by atoms with Gasteiger partial charge in [-0.25, -0.2) is 0 Å². The van der Waals surface area contributed by atoms with E-state index in [-0.39, 0.29) is 36.6 Å². The second-order valence-corrected chi connectivity index (χ2v) is 6.60. The molecule has 1 fully saturated rings. The predicted molar refractivity (Wildman–Crippen MR) is 100 cm³/mol. The van der Waals surface area contributed by atoms with Gasteiger partial charge in [0, 0.05) is 24.2 Å². The van der Waals surface area contributed by atoms with Crippen LogP contribution in [-0.2, 0) is 19.1 Å². The van der Waals surface area contributed by atoms with Gasteiger partial charge in [0.15, 0.2) is 5.78 Å². The number of carbonyl (C=O) groups excluding carboxylic acids is 4. The van der Waals surface area contributed by atoms with Crippen molar-refractivity contribution >= 4 is 29.1 Å². The highest BCUT2D eigenvalue weighted by atomic mass is 16.5. The number of anilines is 1. The lowest BCUT2D eigenvalue weighted by atomic mass is 9.83. The summed E-state index contributed by atoms with van der Waals surface area (Å²) in [5, 5.41) is 5.29. The Labute approximate surface area is 158 Å². The molecule has 27 heavy (non-hydrogen) atoms. The largest absolute Gasteiger partial charge is 0.362 e. The van der Waals surface area contributed by atoms with E-state index in [2.05, 4.69) is 10.6 Å². The number of amides is 2. The van der Waals surface area contributed by atoms with Gasteiger partial charge in [-0.15, -0.1) is 0 Å². The van der Waals surface area contributed by atoms with Crippen LogP contribution in [0.1, 0.15) is 49.4 Å². The Kier molecular flexibility index (Phi) is 8.13. The Bertz CT molecular complexity index is 684. The van der Waals surface area contributed by atoms with Crippen LogP contribution in [0.5, 0.6) is 0 Å². The maximum atomic E-state index is 12.5. The Morgan fingerprint density at radius 3 is 2.44 bits per heavy atom. The summed E-state index contributed by atoms with van der Waals surface area (Å²) in [4.78, 5) is 47.6. The third kappa shape index (κ3) is 6.60. The van der Waals surface area contributed by atoms with Gasteiger partial charge < -0.3 is 15.4 Å². The molecule has 1 aliphatic carbocycles. The molecule has 2 amide bonds. The van der Waals surface area contributed by atoms with Crippen molar-refractivity contribution in [1.29, 1.82) is 0 Å². The van der Waals surface area contributed by atoms with Gasteiger partial charge in [-0.2, -0.15) is 0 Å². The predicted octanol–water partition coefficient (Wildman–Crippen LogP) is 2.11. The number of Topliss-reactive ketones (excluding diaryl/α,β-unsaturated/α-hetero) is 2. The molecule has 1 aromatic carbocycles. The summed E-state index contributed by atoms with van der Waals surface area (Å²) in [5.41, 5.74) is 0.989. The summed E-state index contributed by atoms with van der Waals surface area (Å²) < 4.78 is 5.06. The van der Waals surface area contributed by atoms with E-state index in [0.717, 1.165) is 19.3 Å². The van der Waals surface area contributed by atoms with Crippen molar-refractivity contribution in [3.63, 3.8) is 0 Å². The Balaban J connectivity index is 1.79. The van der Waals surface area contributed by atoms with E-state index in [4.69, 9.17) is 4.74 Å². The molecule has 2 N–H and O–H groups in total. The summed E-state index contributed by atoms with van der Waals surface area (Å²) in [7, 11) is 0. The zero-order valence-electron chi connectivity index (χ0n) is 15.6. The molecule has 7 heteroatoms. The summed E-state index contributed by atoms with van der Waals surface area (Å²) in [5.74, 6) is -1.32. The first kappa shape index (κ1) is 20.8. The highest BCUT2D eigenvalue weighted by molar-refractivity contribution is 6.11. The van der Waals surface area contributed by atoms with E-state index in [9.17, 15) is 19.2 Å². The maximum Gasteiger partial charge on any atom is 0.250 e. The fourth-order valence-electron chi connectivity index (χ4n) is 2.93. The van der Waals surface area contributed by atoms with Crippen LogP contribution in [0.3, 0.4) is 0 Å². The number of hydrogen-bond donors (Lipinski definition) is 2. The lowest BCUT2D eigenvalue weighted by Crippen LogP contribution is -2.30. The third-order valence-corrected chi connectivity index (χ3v) is 4.36. The van der Waals surface area contributed by atoms with Gasteiger partial charge in [0.25, 0.3) is 0 Å². The van der Waals surface area contributed by atoms with E-state index in [1.807, 2.05) is 6.92 Å². The normalized spacial score (nSPS) is 16.6. The zero-order valence-corrected chi connectivity index (χ0v) is 15.6. The van der Waals surface area contributed by atoms with Crippen LogP contribution in [0.25, 0.3) is 0 Å². The quantitative estimate of drug-likeness (QED) is 0.509. The first-order valence-electron chi connectivity index (χ1n) is 9.32. The van der Waals surface area contributed by atoms with Crippen molar-refractivity contribution in [3.05, 3.63) is 29.8 Å². The van der Waals surface area contributed by atoms with Gasteiger partial charge in [0.2, 0.25) is 11.8 Å². The zero-order chi connectivity index (χ0) is 19.6. The molecule has 0 saturated heterocycles. The van der Waals surface area contributed by atoms with Gasteiger partial charge in [-0.1, -0.05) is 13.3 Å². The van der Waals surface area contributed by atoms with E-state index in [1.54, 1.807) is 24.3 Å². The van der Waals surface area contributed by atoms with Gasteiger partial charge in [0.1, 0.15) is 19.0 Å². The number of hydrogen-bond acceptors (Lipinski definition) is 5. The first-order valence-corrected chi connectivity index (χ1v) is 9.32. The standard InChI is InChI=1S/C20H26N2O5/c1-2-11-21-18(24)12-27-13-19(25)22-15-9-7-14(8-10-15)20(26)16-5-3-4-6-17(16)23/h7-10,16H,2-6,11-13H2,1H3,(H,21,24)(H,22,25). The molecule has 0 aliphatic heterocycles. The smallest absolute Gasteiger partial charge is 0.250 e. The molecule has 1 aliphatic rings. The van der Waals surface area contributed by atoms with Crippen molar-refractivity contribution in [3.8, 4) is 0 Å². The summed E-state index contributed by atoms with van der Waals surface area (Å²) >= 11 is 0. The highest BCUT2D eigenvalue weighted by Gasteiger charge is 2.29. The van der Waals surface area contributed by atoms with Crippen molar-refractivity contribution in [2.75, 3.05) is 25.1 Å². The van der Waals surface area contributed by atoms with Crippen LogP contribution in [-0.4, -0.2) is 43.1 Å². The van der Waals surface area contributed by atoms with Gasteiger partial charge in [-0.05, 0) is 43.5 Å². The van der Waals surface area contributed by atoms with E-state index in [0.29, 0.717) is 30.6 Å².